The quantitative estimate of drug-likeness (QED) is 0.791. The molecular weight excluding hydrogens is 214 g/mol. The second-order valence-electron chi connectivity index (χ2n) is 4.86. The van der Waals surface area contributed by atoms with E-state index < -0.39 is 0 Å². The molecule has 0 radical (unpaired) electrons. The number of aromatic nitrogens is 1. The van der Waals surface area contributed by atoms with Crippen molar-refractivity contribution in [2.45, 2.75) is 58.2 Å². The minimum atomic E-state index is 0.512. The van der Waals surface area contributed by atoms with Gasteiger partial charge in [-0.25, -0.2) is 0 Å². The molecule has 4 nitrogen and oxygen atoms in total. The summed E-state index contributed by atoms with van der Waals surface area (Å²) < 4.78 is 5.54. The van der Waals surface area contributed by atoms with Crippen LogP contribution in [0.1, 0.15) is 45.2 Å². The van der Waals surface area contributed by atoms with Gasteiger partial charge in [0.1, 0.15) is 6.26 Å². The molecule has 0 saturated heterocycles. The molecule has 0 aliphatic heterocycles. The average Bonchev–Trinajstić information content (AvgIpc) is 3.05. The maximum atomic E-state index is 5.54. The van der Waals surface area contributed by atoms with Gasteiger partial charge in [-0.2, -0.15) is 4.98 Å². The molecule has 1 aliphatic carbocycles. The lowest BCUT2D eigenvalue weighted by molar-refractivity contribution is 0.495. The monoisotopic (exact) mass is 237 g/mol. The summed E-state index contributed by atoms with van der Waals surface area (Å²) in [6.45, 7) is 5.22. The van der Waals surface area contributed by atoms with Crippen molar-refractivity contribution in [3.05, 3.63) is 12.0 Å². The highest BCUT2D eigenvalue weighted by Gasteiger charge is 2.21. The zero-order valence-electron chi connectivity index (χ0n) is 11.1. The molecule has 17 heavy (non-hydrogen) atoms. The van der Waals surface area contributed by atoms with Gasteiger partial charge in [0, 0.05) is 25.7 Å². The first-order valence-electron chi connectivity index (χ1n) is 6.65. The summed E-state index contributed by atoms with van der Waals surface area (Å²) in [6.07, 6.45) is 6.61. The number of anilines is 1. The Bertz CT molecular complexity index is 342. The summed E-state index contributed by atoms with van der Waals surface area (Å²) >= 11 is 0. The summed E-state index contributed by atoms with van der Waals surface area (Å²) in [5.74, 6) is 0. The molecule has 1 heterocycles. The highest BCUT2D eigenvalue weighted by Crippen LogP contribution is 2.21. The van der Waals surface area contributed by atoms with Crippen LogP contribution in [0.5, 0.6) is 0 Å². The van der Waals surface area contributed by atoms with Crippen molar-refractivity contribution in [2.75, 3.05) is 11.9 Å². The van der Waals surface area contributed by atoms with E-state index in [0.29, 0.717) is 12.1 Å². The van der Waals surface area contributed by atoms with E-state index in [-0.39, 0.29) is 0 Å². The van der Waals surface area contributed by atoms with Crippen LogP contribution in [0.25, 0.3) is 0 Å². The summed E-state index contributed by atoms with van der Waals surface area (Å²) in [5.41, 5.74) is 1.00. The summed E-state index contributed by atoms with van der Waals surface area (Å²) in [4.78, 5) is 6.66. The zero-order chi connectivity index (χ0) is 12.3. The molecule has 0 unspecified atom stereocenters. The van der Waals surface area contributed by atoms with Gasteiger partial charge in [-0.1, -0.05) is 13.8 Å². The second-order valence-corrected chi connectivity index (χ2v) is 4.86. The first-order valence-corrected chi connectivity index (χ1v) is 6.65. The van der Waals surface area contributed by atoms with Crippen molar-refractivity contribution < 1.29 is 4.42 Å². The number of nitrogens with one attached hydrogen (secondary N) is 1. The molecule has 1 fully saturated rings. The van der Waals surface area contributed by atoms with Crippen molar-refractivity contribution in [1.82, 2.24) is 10.3 Å². The van der Waals surface area contributed by atoms with E-state index in [1.807, 2.05) is 0 Å². The summed E-state index contributed by atoms with van der Waals surface area (Å²) in [6, 6.07) is 1.97. The minimum absolute atomic E-state index is 0.512. The fourth-order valence-corrected chi connectivity index (χ4v) is 2.07. The van der Waals surface area contributed by atoms with Crippen LogP contribution in [0.2, 0.25) is 0 Å². The molecular formula is C13H23N3O. The molecule has 0 bridgehead atoms. The van der Waals surface area contributed by atoms with Gasteiger partial charge < -0.3 is 14.6 Å². The van der Waals surface area contributed by atoms with Crippen LogP contribution in [0.4, 0.5) is 6.01 Å². The molecule has 0 spiro atoms. The molecule has 96 valence electrons. The Labute approximate surface area is 103 Å². The fraction of sp³-hybridized carbons (Fsp3) is 0.769. The van der Waals surface area contributed by atoms with Crippen LogP contribution in [0.15, 0.2) is 10.7 Å². The van der Waals surface area contributed by atoms with E-state index in [9.17, 15) is 0 Å². The van der Waals surface area contributed by atoms with Gasteiger partial charge in [-0.15, -0.1) is 0 Å². The molecule has 1 saturated carbocycles. The van der Waals surface area contributed by atoms with Gasteiger partial charge in [0.05, 0.1) is 5.69 Å². The largest absolute Gasteiger partial charge is 0.432 e. The third kappa shape index (κ3) is 3.22. The molecule has 4 heteroatoms. The van der Waals surface area contributed by atoms with Gasteiger partial charge in [0.2, 0.25) is 0 Å². The van der Waals surface area contributed by atoms with Crippen LogP contribution in [0.3, 0.4) is 0 Å². The van der Waals surface area contributed by atoms with E-state index in [1.165, 1.54) is 12.8 Å². The van der Waals surface area contributed by atoms with Gasteiger partial charge >= 0.3 is 0 Å². The van der Waals surface area contributed by atoms with Crippen molar-refractivity contribution in [3.8, 4) is 0 Å². The molecule has 0 atom stereocenters. The Hall–Kier alpha value is -1.03. The molecule has 0 amide bonds. The van der Waals surface area contributed by atoms with Crippen LogP contribution in [-0.4, -0.2) is 24.1 Å². The third-order valence-corrected chi connectivity index (χ3v) is 3.48. The SMILES string of the molecule is CCC(CC)N(C)c1nc(CNC2CC2)co1. The lowest BCUT2D eigenvalue weighted by atomic mass is 10.1. The lowest BCUT2D eigenvalue weighted by Crippen LogP contribution is -2.30. The van der Waals surface area contributed by atoms with Crippen molar-refractivity contribution in [2.24, 2.45) is 0 Å². The van der Waals surface area contributed by atoms with Crippen LogP contribution < -0.4 is 10.2 Å². The number of rotatable bonds is 7. The normalized spacial score (nSPS) is 15.5. The van der Waals surface area contributed by atoms with E-state index >= 15 is 0 Å². The average molecular weight is 237 g/mol. The molecule has 1 N–H and O–H groups in total. The second kappa shape index (κ2) is 5.54. The van der Waals surface area contributed by atoms with Gasteiger partial charge in [0.25, 0.3) is 6.01 Å². The van der Waals surface area contributed by atoms with Crippen molar-refractivity contribution in [1.29, 1.82) is 0 Å². The van der Waals surface area contributed by atoms with Crippen LogP contribution >= 0.6 is 0 Å². The van der Waals surface area contributed by atoms with E-state index in [1.54, 1.807) is 6.26 Å². The topological polar surface area (TPSA) is 41.3 Å². The third-order valence-electron chi connectivity index (χ3n) is 3.48. The van der Waals surface area contributed by atoms with Crippen LogP contribution in [0, 0.1) is 0 Å². The van der Waals surface area contributed by atoms with Crippen molar-refractivity contribution in [3.63, 3.8) is 0 Å². The molecule has 2 rings (SSSR count). The Balaban J connectivity index is 1.90. The maximum absolute atomic E-state index is 5.54. The number of nitrogens with zero attached hydrogens (tertiary/aromatic N) is 2. The molecule has 0 aromatic carbocycles. The Morgan fingerprint density at radius 1 is 1.47 bits per heavy atom. The predicted molar refractivity (Wildman–Crippen MR) is 69.1 cm³/mol. The van der Waals surface area contributed by atoms with Gasteiger partial charge in [0.15, 0.2) is 0 Å². The first-order chi connectivity index (χ1) is 8.24. The maximum Gasteiger partial charge on any atom is 0.297 e. The minimum Gasteiger partial charge on any atom is -0.432 e. The molecule has 1 aliphatic rings. The highest BCUT2D eigenvalue weighted by atomic mass is 16.4. The standard InChI is InChI=1S/C13H23N3O/c1-4-12(5-2)16(3)13-15-11(9-17-13)8-14-10-6-7-10/h9-10,12,14H,4-8H2,1-3H3. The van der Waals surface area contributed by atoms with Gasteiger partial charge in [-0.05, 0) is 25.7 Å². The van der Waals surface area contributed by atoms with E-state index in [4.69, 9.17) is 4.42 Å². The zero-order valence-corrected chi connectivity index (χ0v) is 11.1. The Kier molecular flexibility index (Phi) is 4.05. The highest BCUT2D eigenvalue weighted by molar-refractivity contribution is 5.27. The number of hydrogen-bond acceptors (Lipinski definition) is 4. The smallest absolute Gasteiger partial charge is 0.297 e. The Morgan fingerprint density at radius 3 is 2.76 bits per heavy atom. The molecule has 1 aromatic heterocycles. The number of oxazole rings is 1. The Morgan fingerprint density at radius 2 is 2.18 bits per heavy atom. The molecule has 1 aromatic rings. The number of hydrogen-bond donors (Lipinski definition) is 1. The van der Waals surface area contributed by atoms with E-state index in [0.717, 1.165) is 31.1 Å². The summed E-state index contributed by atoms with van der Waals surface area (Å²) in [5, 5.41) is 3.44. The first kappa shape index (κ1) is 12.4. The predicted octanol–water partition coefficient (Wildman–Crippen LogP) is 2.55. The van der Waals surface area contributed by atoms with Crippen molar-refractivity contribution >= 4 is 6.01 Å². The van der Waals surface area contributed by atoms with Crippen LogP contribution in [-0.2, 0) is 6.54 Å². The fourth-order valence-electron chi connectivity index (χ4n) is 2.07. The lowest BCUT2D eigenvalue weighted by Gasteiger charge is -2.24. The summed E-state index contributed by atoms with van der Waals surface area (Å²) in [7, 11) is 2.06. The van der Waals surface area contributed by atoms with Gasteiger partial charge in [-0.3, -0.25) is 0 Å². The van der Waals surface area contributed by atoms with E-state index in [2.05, 4.69) is 36.1 Å².